The molecule has 2 fully saturated rings. The quantitative estimate of drug-likeness (QED) is 0.723. The summed E-state index contributed by atoms with van der Waals surface area (Å²) < 4.78 is 24.0. The summed E-state index contributed by atoms with van der Waals surface area (Å²) in [6.45, 7) is 2.39. The normalized spacial score (nSPS) is 24.7. The summed E-state index contributed by atoms with van der Waals surface area (Å²) in [6, 6.07) is 4.00. The molecule has 0 bridgehead atoms. The van der Waals surface area contributed by atoms with Crippen molar-refractivity contribution in [2.45, 2.75) is 18.4 Å². The highest BCUT2D eigenvalue weighted by Gasteiger charge is 2.44. The largest absolute Gasteiger partial charge is 0.494 e. The minimum atomic E-state index is -1.18. The van der Waals surface area contributed by atoms with E-state index in [1.807, 2.05) is 4.90 Å². The van der Waals surface area contributed by atoms with Crippen LogP contribution in [-0.2, 0) is 0 Å². The number of ether oxygens (including phenoxy) is 1. The highest BCUT2D eigenvalue weighted by Crippen LogP contribution is 2.38. The second-order valence-corrected chi connectivity index (χ2v) is 7.32. The lowest BCUT2D eigenvalue weighted by molar-refractivity contribution is -0.0540. The number of halogens is 1. The fourth-order valence-corrected chi connectivity index (χ4v) is 4.11. The average molecular weight is 391 g/mol. The lowest BCUT2D eigenvalue weighted by atomic mass is 9.76. The van der Waals surface area contributed by atoms with E-state index in [1.165, 1.54) is 25.3 Å². The van der Waals surface area contributed by atoms with Crippen molar-refractivity contribution < 1.29 is 28.7 Å². The summed E-state index contributed by atoms with van der Waals surface area (Å²) >= 11 is 0. The van der Waals surface area contributed by atoms with Gasteiger partial charge in [0, 0.05) is 31.1 Å². The van der Waals surface area contributed by atoms with Gasteiger partial charge in [0.2, 0.25) is 0 Å². The Bertz CT molecular complexity index is 902. The van der Waals surface area contributed by atoms with Gasteiger partial charge in [-0.05, 0) is 37.6 Å². The Morgan fingerprint density at radius 2 is 2.29 bits per heavy atom. The van der Waals surface area contributed by atoms with E-state index >= 15 is 0 Å². The van der Waals surface area contributed by atoms with Gasteiger partial charge in [-0.2, -0.15) is 0 Å². The Balaban J connectivity index is 1.69. The van der Waals surface area contributed by atoms with Crippen LogP contribution in [0.2, 0.25) is 0 Å². The van der Waals surface area contributed by atoms with Crippen LogP contribution in [0.5, 0.6) is 5.75 Å². The fourth-order valence-electron chi connectivity index (χ4n) is 4.11. The maximum absolute atomic E-state index is 13.7. The molecule has 1 aromatic heterocycles. The molecule has 3 N–H and O–H groups in total. The van der Waals surface area contributed by atoms with Crippen LogP contribution in [0.25, 0.3) is 11.3 Å². The first-order chi connectivity index (χ1) is 13.4. The van der Waals surface area contributed by atoms with Crippen molar-refractivity contribution >= 4 is 11.8 Å². The van der Waals surface area contributed by atoms with Crippen molar-refractivity contribution in [2.24, 2.45) is 5.92 Å². The van der Waals surface area contributed by atoms with Crippen LogP contribution in [0, 0.1) is 11.7 Å². The van der Waals surface area contributed by atoms with Gasteiger partial charge >= 0.3 is 5.97 Å². The van der Waals surface area contributed by atoms with Gasteiger partial charge in [-0.15, -0.1) is 0 Å². The predicted octanol–water partition coefficient (Wildman–Crippen LogP) is 1.74. The van der Waals surface area contributed by atoms with Crippen LogP contribution in [0.1, 0.15) is 23.2 Å². The minimum absolute atomic E-state index is 0.0110. The molecule has 0 radical (unpaired) electrons. The molecule has 0 saturated carbocycles. The molecule has 3 heterocycles. The van der Waals surface area contributed by atoms with Gasteiger partial charge in [0.15, 0.2) is 28.7 Å². The van der Waals surface area contributed by atoms with Crippen LogP contribution in [0.3, 0.4) is 0 Å². The summed E-state index contributed by atoms with van der Waals surface area (Å²) in [7, 11) is 1.33. The number of aromatic nitrogens is 1. The summed E-state index contributed by atoms with van der Waals surface area (Å²) in [5.74, 6) is -1.51. The molecule has 8 nitrogen and oxygen atoms in total. The van der Waals surface area contributed by atoms with Gasteiger partial charge in [0.05, 0.1) is 12.7 Å². The topological polar surface area (TPSA) is 108 Å². The number of rotatable bonds is 4. The molecule has 0 spiro atoms. The van der Waals surface area contributed by atoms with Crippen LogP contribution in [-0.4, -0.2) is 60.2 Å². The Morgan fingerprint density at radius 1 is 1.46 bits per heavy atom. The monoisotopic (exact) mass is 391 g/mol. The minimum Gasteiger partial charge on any atom is -0.494 e. The van der Waals surface area contributed by atoms with Gasteiger partial charge in [-0.25, -0.2) is 9.18 Å². The van der Waals surface area contributed by atoms with Crippen molar-refractivity contribution in [3.05, 3.63) is 29.6 Å². The number of nitrogens with zero attached hydrogens (tertiary/aromatic N) is 2. The van der Waals surface area contributed by atoms with E-state index in [0.717, 1.165) is 6.54 Å². The summed E-state index contributed by atoms with van der Waals surface area (Å²) in [6.07, 6.45) is 1.21. The number of fused-ring (bicyclic) bond motifs is 1. The zero-order valence-electron chi connectivity index (χ0n) is 15.4. The molecule has 28 heavy (non-hydrogen) atoms. The number of carboxylic acid groups (broad SMARTS) is 1. The van der Waals surface area contributed by atoms with Crippen molar-refractivity contribution in [1.29, 1.82) is 0 Å². The Kier molecular flexibility index (Phi) is 4.72. The van der Waals surface area contributed by atoms with Gasteiger partial charge in [0.1, 0.15) is 0 Å². The number of hydrogen-bond donors (Lipinski definition) is 3. The van der Waals surface area contributed by atoms with Crippen LogP contribution < -0.4 is 15.0 Å². The Hall–Kier alpha value is -2.65. The third kappa shape index (κ3) is 3.10. The second kappa shape index (κ2) is 7.06. The SMILES string of the molecule is COc1cc(-c2onc(N3CC[C@@]4(O)CCNC[C@H]4C3)c2C(=O)O)ccc1F. The number of anilines is 1. The zero-order chi connectivity index (χ0) is 19.9. The standard InChI is InChI=1S/C19H22FN3O5/c1-27-14-8-11(2-3-13(14)20)16-15(18(24)25)17(22-28-16)23-7-5-19(26)4-6-21-9-12(19)10-23/h2-3,8,12,21,26H,4-7,9-10H2,1H3,(H,24,25)/t12-,19-/m0/s1. The van der Waals surface area contributed by atoms with Gasteiger partial charge in [-0.1, -0.05) is 5.16 Å². The molecule has 2 saturated heterocycles. The maximum atomic E-state index is 13.7. The van der Waals surface area contributed by atoms with E-state index < -0.39 is 17.4 Å². The second-order valence-electron chi connectivity index (χ2n) is 7.32. The number of carbonyl (C=O) groups is 1. The molecular formula is C19H22FN3O5. The highest BCUT2D eigenvalue weighted by atomic mass is 19.1. The van der Waals surface area contributed by atoms with E-state index in [4.69, 9.17) is 9.26 Å². The van der Waals surface area contributed by atoms with Crippen LogP contribution in [0.15, 0.2) is 22.7 Å². The van der Waals surface area contributed by atoms with Crippen molar-refractivity contribution in [1.82, 2.24) is 10.5 Å². The van der Waals surface area contributed by atoms with Crippen molar-refractivity contribution in [3.63, 3.8) is 0 Å². The molecule has 4 rings (SSSR count). The van der Waals surface area contributed by atoms with Crippen molar-refractivity contribution in [3.8, 4) is 17.1 Å². The predicted molar refractivity (Wildman–Crippen MR) is 98.2 cm³/mol. The smallest absolute Gasteiger partial charge is 0.343 e. The number of methoxy groups -OCH3 is 1. The molecule has 9 heteroatoms. The zero-order valence-corrected chi connectivity index (χ0v) is 15.4. The van der Waals surface area contributed by atoms with Crippen LogP contribution in [0.4, 0.5) is 10.2 Å². The van der Waals surface area contributed by atoms with Crippen molar-refractivity contribution in [2.75, 3.05) is 38.2 Å². The lowest BCUT2D eigenvalue weighted by Crippen LogP contribution is -2.59. The van der Waals surface area contributed by atoms with Gasteiger partial charge in [0.25, 0.3) is 0 Å². The summed E-state index contributed by atoms with van der Waals surface area (Å²) in [4.78, 5) is 13.8. The number of benzene rings is 1. The van der Waals surface area contributed by atoms with E-state index in [-0.39, 0.29) is 28.8 Å². The first kappa shape index (κ1) is 18.7. The number of aromatic carboxylic acids is 1. The molecule has 2 atom stereocenters. The third-order valence-corrected chi connectivity index (χ3v) is 5.74. The summed E-state index contributed by atoms with van der Waals surface area (Å²) in [5, 5.41) is 27.9. The number of carboxylic acids is 1. The number of hydrogen-bond acceptors (Lipinski definition) is 7. The molecule has 1 aromatic carbocycles. The fraction of sp³-hybridized carbons (Fsp3) is 0.474. The molecule has 2 aliphatic rings. The average Bonchev–Trinajstić information content (AvgIpc) is 3.13. The van der Waals surface area contributed by atoms with E-state index in [1.54, 1.807) is 0 Å². The molecule has 0 aliphatic carbocycles. The number of nitrogens with one attached hydrogen (secondary N) is 1. The first-order valence-corrected chi connectivity index (χ1v) is 9.18. The van der Waals surface area contributed by atoms with E-state index in [2.05, 4.69) is 10.5 Å². The molecule has 150 valence electrons. The molecular weight excluding hydrogens is 369 g/mol. The number of piperidine rings is 2. The Labute approximate surface area is 160 Å². The first-order valence-electron chi connectivity index (χ1n) is 9.18. The molecule has 2 aliphatic heterocycles. The third-order valence-electron chi connectivity index (χ3n) is 5.74. The van der Waals surface area contributed by atoms with E-state index in [9.17, 15) is 19.4 Å². The molecule has 0 unspecified atom stereocenters. The molecule has 2 aromatic rings. The van der Waals surface area contributed by atoms with Crippen LogP contribution >= 0.6 is 0 Å². The number of aliphatic hydroxyl groups is 1. The van der Waals surface area contributed by atoms with E-state index in [0.29, 0.717) is 38.0 Å². The maximum Gasteiger partial charge on any atom is 0.343 e. The summed E-state index contributed by atoms with van der Waals surface area (Å²) in [5.41, 5.74) is -0.452. The van der Waals surface area contributed by atoms with Gasteiger partial charge in [-0.3, -0.25) is 0 Å². The Morgan fingerprint density at radius 3 is 3.04 bits per heavy atom. The lowest BCUT2D eigenvalue weighted by Gasteiger charge is -2.47. The highest BCUT2D eigenvalue weighted by molar-refractivity contribution is 5.99. The van der Waals surface area contributed by atoms with Gasteiger partial charge < -0.3 is 29.7 Å². The molecule has 0 amide bonds.